The normalized spacial score (nSPS) is 16.8. The molecule has 1 unspecified atom stereocenters. The van der Waals surface area contributed by atoms with Gasteiger partial charge in [-0.3, -0.25) is 4.99 Å². The predicted octanol–water partition coefficient (Wildman–Crippen LogP) is 3.32. The lowest BCUT2D eigenvalue weighted by Gasteiger charge is -2.15. The van der Waals surface area contributed by atoms with Crippen LogP contribution in [0.5, 0.6) is 11.5 Å². The summed E-state index contributed by atoms with van der Waals surface area (Å²) in [5, 5.41) is 6.73. The Kier molecular flexibility index (Phi) is 7.61. The number of anilines is 1. The summed E-state index contributed by atoms with van der Waals surface area (Å²) in [6.45, 7) is 5.59. The van der Waals surface area contributed by atoms with Crippen LogP contribution in [-0.2, 0) is 11.2 Å². The summed E-state index contributed by atoms with van der Waals surface area (Å²) in [4.78, 5) is 4.75. The fourth-order valence-electron chi connectivity index (χ4n) is 3.00. The SMILES string of the molecule is CCOc1ccc(NC(=NCC2CCOC2)NCCc2ccco2)cc1OC. The molecule has 1 aliphatic rings. The van der Waals surface area contributed by atoms with Crippen molar-refractivity contribution in [3.05, 3.63) is 42.4 Å². The van der Waals surface area contributed by atoms with Crippen LogP contribution in [0.15, 0.2) is 46.0 Å². The first-order valence-electron chi connectivity index (χ1n) is 9.74. The van der Waals surface area contributed by atoms with Gasteiger partial charge in [0.15, 0.2) is 17.5 Å². The first-order valence-corrected chi connectivity index (χ1v) is 9.74. The van der Waals surface area contributed by atoms with E-state index >= 15 is 0 Å². The second-order valence-corrected chi connectivity index (χ2v) is 6.60. The molecule has 7 nitrogen and oxygen atoms in total. The van der Waals surface area contributed by atoms with Crippen LogP contribution >= 0.6 is 0 Å². The van der Waals surface area contributed by atoms with E-state index in [2.05, 4.69) is 10.6 Å². The molecule has 1 aliphatic heterocycles. The zero-order valence-corrected chi connectivity index (χ0v) is 16.6. The summed E-state index contributed by atoms with van der Waals surface area (Å²) in [7, 11) is 1.64. The molecule has 1 atom stereocenters. The van der Waals surface area contributed by atoms with Crippen LogP contribution in [0, 0.1) is 5.92 Å². The van der Waals surface area contributed by atoms with Gasteiger partial charge in [0.1, 0.15) is 5.76 Å². The smallest absolute Gasteiger partial charge is 0.195 e. The Morgan fingerprint density at radius 1 is 1.29 bits per heavy atom. The van der Waals surface area contributed by atoms with Crippen molar-refractivity contribution in [3.8, 4) is 11.5 Å². The maximum absolute atomic E-state index is 5.59. The summed E-state index contributed by atoms with van der Waals surface area (Å²) in [6.07, 6.45) is 3.53. The van der Waals surface area contributed by atoms with Gasteiger partial charge in [-0.1, -0.05) is 0 Å². The summed E-state index contributed by atoms with van der Waals surface area (Å²) in [5.74, 6) is 3.55. The molecule has 1 aromatic carbocycles. The number of nitrogens with zero attached hydrogens (tertiary/aromatic N) is 1. The van der Waals surface area contributed by atoms with E-state index in [9.17, 15) is 0 Å². The van der Waals surface area contributed by atoms with Crippen LogP contribution in [0.3, 0.4) is 0 Å². The Hall–Kier alpha value is -2.67. The molecule has 3 rings (SSSR count). The lowest BCUT2D eigenvalue weighted by atomic mass is 10.1. The van der Waals surface area contributed by atoms with Crippen molar-refractivity contribution in [1.29, 1.82) is 0 Å². The van der Waals surface area contributed by atoms with Crippen LogP contribution in [-0.4, -0.2) is 46.0 Å². The quantitative estimate of drug-likeness (QED) is 0.508. The molecule has 1 saturated heterocycles. The van der Waals surface area contributed by atoms with Crippen molar-refractivity contribution in [2.45, 2.75) is 19.8 Å². The first kappa shape index (κ1) is 20.1. The molecule has 0 amide bonds. The average molecular weight is 387 g/mol. The average Bonchev–Trinajstić information content (AvgIpc) is 3.41. The second kappa shape index (κ2) is 10.6. The molecule has 0 aliphatic carbocycles. The number of ether oxygens (including phenoxy) is 3. The number of rotatable bonds is 9. The third-order valence-corrected chi connectivity index (χ3v) is 4.50. The van der Waals surface area contributed by atoms with E-state index in [0.717, 1.165) is 55.8 Å². The first-order chi connectivity index (χ1) is 13.8. The molecule has 2 aromatic rings. The summed E-state index contributed by atoms with van der Waals surface area (Å²) in [6, 6.07) is 9.63. The topological polar surface area (TPSA) is 77.2 Å². The van der Waals surface area contributed by atoms with Crippen LogP contribution in [0.1, 0.15) is 19.1 Å². The van der Waals surface area contributed by atoms with Gasteiger partial charge in [-0.2, -0.15) is 0 Å². The largest absolute Gasteiger partial charge is 0.493 e. The Bertz CT molecular complexity index is 740. The number of guanidine groups is 1. The molecule has 2 heterocycles. The monoisotopic (exact) mass is 387 g/mol. The van der Waals surface area contributed by atoms with Crippen molar-refractivity contribution >= 4 is 11.6 Å². The Morgan fingerprint density at radius 3 is 2.93 bits per heavy atom. The fourth-order valence-corrected chi connectivity index (χ4v) is 3.00. The van der Waals surface area contributed by atoms with Gasteiger partial charge in [0.05, 0.1) is 26.6 Å². The Morgan fingerprint density at radius 2 is 2.21 bits per heavy atom. The summed E-state index contributed by atoms with van der Waals surface area (Å²) < 4.78 is 21.9. The lowest BCUT2D eigenvalue weighted by Crippen LogP contribution is -2.33. The highest BCUT2D eigenvalue weighted by molar-refractivity contribution is 5.94. The van der Waals surface area contributed by atoms with Crippen LogP contribution in [0.25, 0.3) is 0 Å². The highest BCUT2D eigenvalue weighted by Gasteiger charge is 2.15. The van der Waals surface area contributed by atoms with Crippen molar-refractivity contribution in [2.75, 3.05) is 45.3 Å². The lowest BCUT2D eigenvalue weighted by molar-refractivity contribution is 0.187. The number of nitrogens with one attached hydrogen (secondary N) is 2. The van der Waals surface area contributed by atoms with Crippen molar-refractivity contribution < 1.29 is 18.6 Å². The van der Waals surface area contributed by atoms with Gasteiger partial charge >= 0.3 is 0 Å². The van der Waals surface area contributed by atoms with E-state index in [1.807, 2.05) is 37.3 Å². The Labute approximate surface area is 166 Å². The maximum atomic E-state index is 5.59. The number of aliphatic imine (C=N–C) groups is 1. The fraction of sp³-hybridized carbons (Fsp3) is 0.476. The zero-order valence-electron chi connectivity index (χ0n) is 16.6. The summed E-state index contributed by atoms with van der Waals surface area (Å²) in [5.41, 5.74) is 0.882. The Balaban J connectivity index is 1.65. The van der Waals surface area contributed by atoms with Gasteiger partial charge in [-0.05, 0) is 37.6 Å². The van der Waals surface area contributed by atoms with Gasteiger partial charge in [0.25, 0.3) is 0 Å². The maximum Gasteiger partial charge on any atom is 0.195 e. The molecule has 2 N–H and O–H groups in total. The molecular weight excluding hydrogens is 358 g/mol. The molecule has 152 valence electrons. The van der Waals surface area contributed by atoms with E-state index in [0.29, 0.717) is 24.8 Å². The van der Waals surface area contributed by atoms with Gasteiger partial charge in [0.2, 0.25) is 0 Å². The van der Waals surface area contributed by atoms with E-state index in [-0.39, 0.29) is 0 Å². The van der Waals surface area contributed by atoms with E-state index in [1.165, 1.54) is 0 Å². The van der Waals surface area contributed by atoms with E-state index in [4.69, 9.17) is 23.6 Å². The van der Waals surface area contributed by atoms with E-state index in [1.54, 1.807) is 13.4 Å². The van der Waals surface area contributed by atoms with Gasteiger partial charge in [-0.15, -0.1) is 0 Å². The standard InChI is InChI=1S/C21H29N3O4/c1-3-27-19-7-6-17(13-20(19)25-2)24-21(23-14-16-9-12-26-15-16)22-10-8-18-5-4-11-28-18/h4-7,11,13,16H,3,8-10,12,14-15H2,1-2H3,(H2,22,23,24). The zero-order chi connectivity index (χ0) is 19.6. The highest BCUT2D eigenvalue weighted by Crippen LogP contribution is 2.30. The van der Waals surface area contributed by atoms with Crippen molar-refractivity contribution in [3.63, 3.8) is 0 Å². The van der Waals surface area contributed by atoms with Crippen LogP contribution in [0.4, 0.5) is 5.69 Å². The number of hydrogen-bond donors (Lipinski definition) is 2. The third-order valence-electron chi connectivity index (χ3n) is 4.50. The molecule has 0 radical (unpaired) electrons. The predicted molar refractivity (Wildman–Crippen MR) is 109 cm³/mol. The molecule has 1 aromatic heterocycles. The van der Waals surface area contributed by atoms with Gasteiger partial charge in [-0.25, -0.2) is 0 Å². The molecule has 0 saturated carbocycles. The van der Waals surface area contributed by atoms with Crippen LogP contribution < -0.4 is 20.1 Å². The second-order valence-electron chi connectivity index (χ2n) is 6.60. The molecule has 0 bridgehead atoms. The highest BCUT2D eigenvalue weighted by atomic mass is 16.5. The molecule has 0 spiro atoms. The van der Waals surface area contributed by atoms with Crippen molar-refractivity contribution in [2.24, 2.45) is 10.9 Å². The van der Waals surface area contributed by atoms with Gasteiger partial charge in [0, 0.05) is 43.8 Å². The van der Waals surface area contributed by atoms with Crippen molar-refractivity contribution in [1.82, 2.24) is 5.32 Å². The number of methoxy groups -OCH3 is 1. The number of hydrogen-bond acceptors (Lipinski definition) is 5. The number of benzene rings is 1. The third kappa shape index (κ3) is 5.92. The molecule has 28 heavy (non-hydrogen) atoms. The minimum atomic E-state index is 0.471. The van der Waals surface area contributed by atoms with E-state index < -0.39 is 0 Å². The molecule has 1 fully saturated rings. The van der Waals surface area contributed by atoms with Crippen LogP contribution in [0.2, 0.25) is 0 Å². The summed E-state index contributed by atoms with van der Waals surface area (Å²) >= 11 is 0. The molecular formula is C21H29N3O4. The minimum Gasteiger partial charge on any atom is -0.493 e. The van der Waals surface area contributed by atoms with Gasteiger partial charge < -0.3 is 29.3 Å². The molecule has 7 heteroatoms. The minimum absolute atomic E-state index is 0.471. The number of furan rings is 1.